The van der Waals surface area contributed by atoms with E-state index in [1.165, 1.54) is 11.8 Å². The second-order valence-corrected chi connectivity index (χ2v) is 10.0. The predicted molar refractivity (Wildman–Crippen MR) is 124 cm³/mol. The minimum Gasteiger partial charge on any atom is -0.507 e. The molecule has 2 unspecified atom stereocenters. The number of ether oxygens (including phenoxy) is 2. The van der Waals surface area contributed by atoms with Gasteiger partial charge in [0.2, 0.25) is 5.91 Å². The first-order chi connectivity index (χ1) is 14.7. The maximum atomic E-state index is 11.9. The number of carbonyl (C=O) groups is 1. The molecule has 2 aromatic rings. The Bertz CT molecular complexity index is 1050. The lowest BCUT2D eigenvalue weighted by Gasteiger charge is -2.37. The number of hydrogen-bond acceptors (Lipinski definition) is 5. The molecule has 164 valence electrons. The van der Waals surface area contributed by atoms with E-state index in [1.54, 1.807) is 0 Å². The van der Waals surface area contributed by atoms with Gasteiger partial charge in [-0.25, -0.2) is 0 Å². The van der Waals surface area contributed by atoms with Gasteiger partial charge in [-0.2, -0.15) is 0 Å². The Morgan fingerprint density at radius 2 is 1.94 bits per heavy atom. The smallest absolute Gasteiger partial charge is 0.238 e. The van der Waals surface area contributed by atoms with Crippen molar-refractivity contribution >= 4 is 17.7 Å². The molecular formula is C25H29NO4S. The van der Waals surface area contributed by atoms with E-state index in [4.69, 9.17) is 9.47 Å². The van der Waals surface area contributed by atoms with Crippen molar-refractivity contribution in [2.45, 2.75) is 57.8 Å². The van der Waals surface area contributed by atoms with E-state index in [1.807, 2.05) is 45.0 Å². The molecule has 0 aromatic heterocycles. The second-order valence-electron chi connectivity index (χ2n) is 8.74. The van der Waals surface area contributed by atoms with Crippen molar-refractivity contribution in [3.8, 4) is 17.2 Å². The van der Waals surface area contributed by atoms with Crippen LogP contribution in [0.3, 0.4) is 0 Å². The molecule has 0 aliphatic carbocycles. The summed E-state index contributed by atoms with van der Waals surface area (Å²) in [6.45, 7) is 12.2. The Morgan fingerprint density at radius 3 is 2.58 bits per heavy atom. The first-order valence-corrected chi connectivity index (χ1v) is 11.4. The van der Waals surface area contributed by atoms with Gasteiger partial charge >= 0.3 is 0 Å². The zero-order valence-electron chi connectivity index (χ0n) is 18.5. The number of carbonyl (C=O) groups excluding carboxylic acids is 1. The lowest BCUT2D eigenvalue weighted by molar-refractivity contribution is -0.119. The number of thioether (sulfide) groups is 1. The van der Waals surface area contributed by atoms with Gasteiger partial charge < -0.3 is 19.9 Å². The highest BCUT2D eigenvalue weighted by molar-refractivity contribution is 8.04. The third-order valence-corrected chi connectivity index (χ3v) is 7.37. The van der Waals surface area contributed by atoms with Crippen LogP contribution in [0.15, 0.2) is 35.9 Å². The van der Waals surface area contributed by atoms with Gasteiger partial charge in [0.25, 0.3) is 0 Å². The standard InChI is InChI=1S/C25H29NO4S/c1-14-15(2)23-20(16(3)22(14)27)10-11-25(5,30-23)13-29-19-8-6-18(7-9-19)12-21-24(28)26-17(4)31-21/h6-9,21,27H,4,10-13H2,1-3,5H3,(H,26,28). The largest absolute Gasteiger partial charge is 0.507 e. The van der Waals surface area contributed by atoms with E-state index in [2.05, 4.69) is 18.8 Å². The Kier molecular flexibility index (Phi) is 5.69. The van der Waals surface area contributed by atoms with Crippen LogP contribution >= 0.6 is 11.8 Å². The average Bonchev–Trinajstić information content (AvgIpc) is 3.06. The van der Waals surface area contributed by atoms with Crippen LogP contribution in [0.1, 0.15) is 41.2 Å². The van der Waals surface area contributed by atoms with E-state index in [0.717, 1.165) is 52.2 Å². The topological polar surface area (TPSA) is 67.8 Å². The van der Waals surface area contributed by atoms with Gasteiger partial charge in [0.05, 0.1) is 10.3 Å². The van der Waals surface area contributed by atoms with Crippen LogP contribution in [-0.2, 0) is 17.6 Å². The van der Waals surface area contributed by atoms with E-state index < -0.39 is 5.60 Å². The summed E-state index contributed by atoms with van der Waals surface area (Å²) in [5, 5.41) is 13.7. The quantitative estimate of drug-likeness (QED) is 0.705. The maximum absolute atomic E-state index is 11.9. The minimum atomic E-state index is -0.439. The van der Waals surface area contributed by atoms with Gasteiger partial charge in [0, 0.05) is 5.56 Å². The lowest BCUT2D eigenvalue weighted by atomic mass is 9.87. The fraction of sp³-hybridized carbons (Fsp3) is 0.400. The monoisotopic (exact) mass is 439 g/mol. The van der Waals surface area contributed by atoms with Gasteiger partial charge in [0.15, 0.2) is 0 Å². The number of hydrogen-bond donors (Lipinski definition) is 2. The van der Waals surface area contributed by atoms with Crippen LogP contribution in [0.4, 0.5) is 0 Å². The van der Waals surface area contributed by atoms with Crippen LogP contribution in [0.25, 0.3) is 0 Å². The molecule has 2 N–H and O–H groups in total. The molecule has 1 fully saturated rings. The minimum absolute atomic E-state index is 0.0204. The zero-order valence-corrected chi connectivity index (χ0v) is 19.3. The van der Waals surface area contributed by atoms with Crippen LogP contribution in [0, 0.1) is 20.8 Å². The highest BCUT2D eigenvalue weighted by Gasteiger charge is 2.35. The van der Waals surface area contributed by atoms with Gasteiger partial charge in [0.1, 0.15) is 29.5 Å². The highest BCUT2D eigenvalue weighted by atomic mass is 32.2. The molecule has 2 aliphatic rings. The maximum Gasteiger partial charge on any atom is 0.238 e. The van der Waals surface area contributed by atoms with Crippen LogP contribution in [0.5, 0.6) is 17.2 Å². The molecular weight excluding hydrogens is 410 g/mol. The van der Waals surface area contributed by atoms with Gasteiger partial charge in [-0.15, -0.1) is 0 Å². The summed E-state index contributed by atoms with van der Waals surface area (Å²) in [4.78, 5) is 11.9. The summed E-state index contributed by atoms with van der Waals surface area (Å²) >= 11 is 1.48. The fourth-order valence-electron chi connectivity index (χ4n) is 4.18. The third-order valence-electron chi connectivity index (χ3n) is 6.32. The summed E-state index contributed by atoms with van der Waals surface area (Å²) < 4.78 is 12.5. The number of phenolic OH excluding ortho intramolecular Hbond substituents is 1. The summed E-state index contributed by atoms with van der Waals surface area (Å²) in [7, 11) is 0. The van der Waals surface area contributed by atoms with Crippen LogP contribution < -0.4 is 14.8 Å². The van der Waals surface area contributed by atoms with Crippen molar-refractivity contribution in [3.63, 3.8) is 0 Å². The van der Waals surface area contributed by atoms with Crippen molar-refractivity contribution in [2.24, 2.45) is 0 Å². The number of amides is 1. The summed E-state index contributed by atoms with van der Waals surface area (Å²) in [6, 6.07) is 7.89. The average molecular weight is 440 g/mol. The molecule has 0 radical (unpaired) electrons. The number of aromatic hydroxyl groups is 1. The Morgan fingerprint density at radius 1 is 1.23 bits per heavy atom. The fourth-order valence-corrected chi connectivity index (χ4v) is 5.12. The van der Waals surface area contributed by atoms with Crippen molar-refractivity contribution in [1.82, 2.24) is 5.32 Å². The second kappa shape index (κ2) is 8.15. The number of phenols is 1. The molecule has 1 saturated heterocycles. The lowest BCUT2D eigenvalue weighted by Crippen LogP contribution is -2.42. The molecule has 6 heteroatoms. The van der Waals surface area contributed by atoms with Crippen LogP contribution in [0.2, 0.25) is 0 Å². The van der Waals surface area contributed by atoms with Gasteiger partial charge in [-0.1, -0.05) is 30.5 Å². The first-order valence-electron chi connectivity index (χ1n) is 10.6. The molecule has 2 aromatic carbocycles. The van der Waals surface area contributed by atoms with Gasteiger partial charge in [-0.05, 0) is 81.3 Å². The molecule has 1 amide bonds. The Balaban J connectivity index is 1.41. The predicted octanol–water partition coefficient (Wildman–Crippen LogP) is 4.73. The molecule has 2 heterocycles. The van der Waals surface area contributed by atoms with Crippen molar-refractivity contribution in [1.29, 1.82) is 0 Å². The van der Waals surface area contributed by atoms with Crippen molar-refractivity contribution in [2.75, 3.05) is 6.61 Å². The molecule has 0 bridgehead atoms. The van der Waals surface area contributed by atoms with E-state index in [0.29, 0.717) is 23.8 Å². The molecule has 31 heavy (non-hydrogen) atoms. The molecule has 4 rings (SSSR count). The number of rotatable bonds is 5. The molecule has 5 nitrogen and oxygen atoms in total. The Labute approximate surface area is 187 Å². The van der Waals surface area contributed by atoms with E-state index >= 15 is 0 Å². The highest BCUT2D eigenvalue weighted by Crippen LogP contribution is 2.43. The summed E-state index contributed by atoms with van der Waals surface area (Å²) in [6.07, 6.45) is 2.33. The number of fused-ring (bicyclic) bond motifs is 1. The van der Waals surface area contributed by atoms with E-state index in [-0.39, 0.29) is 11.2 Å². The summed E-state index contributed by atoms with van der Waals surface area (Å²) in [5.74, 6) is 2.06. The Hall–Kier alpha value is -2.60. The van der Waals surface area contributed by atoms with Crippen molar-refractivity contribution < 1.29 is 19.4 Å². The molecule has 0 spiro atoms. The third kappa shape index (κ3) is 4.26. The normalized spacial score (nSPS) is 22.6. The molecule has 2 atom stereocenters. The van der Waals surface area contributed by atoms with Gasteiger partial charge in [-0.3, -0.25) is 4.79 Å². The zero-order chi connectivity index (χ0) is 22.3. The number of benzene rings is 2. The number of nitrogens with one attached hydrogen (secondary N) is 1. The molecule has 0 saturated carbocycles. The SMILES string of the molecule is C=C1NC(=O)C(Cc2ccc(OCC3(C)CCc4c(C)c(O)c(C)c(C)c4O3)cc2)S1. The molecule has 2 aliphatic heterocycles. The van der Waals surface area contributed by atoms with E-state index in [9.17, 15) is 9.90 Å². The summed E-state index contributed by atoms with van der Waals surface area (Å²) in [5.41, 5.74) is 4.52. The van der Waals surface area contributed by atoms with Crippen LogP contribution in [-0.4, -0.2) is 28.5 Å². The van der Waals surface area contributed by atoms with Crippen molar-refractivity contribution in [3.05, 3.63) is 63.7 Å². The first kappa shape index (κ1) is 21.6.